The van der Waals surface area contributed by atoms with Crippen molar-refractivity contribution in [3.05, 3.63) is 11.9 Å². The van der Waals surface area contributed by atoms with E-state index >= 15 is 0 Å². The Balaban J connectivity index is 3.07. The maximum atomic E-state index is 12.4. The van der Waals surface area contributed by atoms with Crippen LogP contribution in [0, 0.1) is 0 Å². The summed E-state index contributed by atoms with van der Waals surface area (Å²) < 4.78 is 30.7. The standard InChI is InChI=1S/C7H10F2N2O/c1-3-11-6(7(8)9)5(12-2)4-10-11/h4,7H,3H2,1-2H3. The van der Waals surface area contributed by atoms with E-state index < -0.39 is 6.43 Å². The maximum Gasteiger partial charge on any atom is 0.283 e. The first-order chi connectivity index (χ1) is 5.70. The number of methoxy groups -OCH3 is 1. The van der Waals surface area contributed by atoms with Gasteiger partial charge in [0.2, 0.25) is 0 Å². The van der Waals surface area contributed by atoms with Gasteiger partial charge in [0.15, 0.2) is 5.75 Å². The zero-order chi connectivity index (χ0) is 9.14. The molecule has 1 rings (SSSR count). The van der Waals surface area contributed by atoms with E-state index in [4.69, 9.17) is 4.74 Å². The van der Waals surface area contributed by atoms with Gasteiger partial charge in [0, 0.05) is 6.54 Å². The topological polar surface area (TPSA) is 27.1 Å². The molecule has 0 aliphatic heterocycles. The second-order valence-electron chi connectivity index (χ2n) is 2.21. The number of hydrogen-bond donors (Lipinski definition) is 0. The summed E-state index contributed by atoms with van der Waals surface area (Å²) in [4.78, 5) is 0. The van der Waals surface area contributed by atoms with Crippen molar-refractivity contribution in [2.24, 2.45) is 0 Å². The van der Waals surface area contributed by atoms with E-state index in [1.807, 2.05) is 0 Å². The minimum absolute atomic E-state index is 0.145. The number of halogens is 2. The molecule has 68 valence electrons. The van der Waals surface area contributed by atoms with Crippen LogP contribution in [-0.2, 0) is 6.54 Å². The minimum Gasteiger partial charge on any atom is -0.493 e. The summed E-state index contributed by atoms with van der Waals surface area (Å²) in [5.74, 6) is 0.145. The van der Waals surface area contributed by atoms with Crippen LogP contribution in [0.25, 0.3) is 0 Å². The first kappa shape index (κ1) is 8.96. The summed E-state index contributed by atoms with van der Waals surface area (Å²) in [5, 5.41) is 3.74. The van der Waals surface area contributed by atoms with Crippen molar-refractivity contribution in [2.75, 3.05) is 7.11 Å². The van der Waals surface area contributed by atoms with Crippen LogP contribution in [-0.4, -0.2) is 16.9 Å². The Bertz CT molecular complexity index is 238. The molecule has 0 aromatic carbocycles. The molecule has 3 nitrogen and oxygen atoms in total. The van der Waals surface area contributed by atoms with Gasteiger partial charge in [-0.15, -0.1) is 0 Å². The fraction of sp³-hybridized carbons (Fsp3) is 0.571. The van der Waals surface area contributed by atoms with Gasteiger partial charge < -0.3 is 4.74 Å². The van der Waals surface area contributed by atoms with Crippen molar-refractivity contribution >= 4 is 0 Å². The van der Waals surface area contributed by atoms with Gasteiger partial charge in [-0.05, 0) is 6.92 Å². The Kier molecular flexibility index (Phi) is 2.62. The van der Waals surface area contributed by atoms with Crippen LogP contribution in [0.5, 0.6) is 5.75 Å². The van der Waals surface area contributed by atoms with Gasteiger partial charge in [0.1, 0.15) is 5.69 Å². The van der Waals surface area contributed by atoms with Crippen LogP contribution in [0.4, 0.5) is 8.78 Å². The number of aryl methyl sites for hydroxylation is 1. The molecule has 0 saturated heterocycles. The molecule has 1 aromatic rings. The Hall–Kier alpha value is -1.13. The number of ether oxygens (including phenoxy) is 1. The fourth-order valence-corrected chi connectivity index (χ4v) is 1.01. The highest BCUT2D eigenvalue weighted by molar-refractivity contribution is 5.25. The molecule has 12 heavy (non-hydrogen) atoms. The fourth-order valence-electron chi connectivity index (χ4n) is 1.01. The summed E-state index contributed by atoms with van der Waals surface area (Å²) in [6.45, 7) is 2.17. The molecule has 0 unspecified atom stereocenters. The number of hydrogen-bond acceptors (Lipinski definition) is 2. The zero-order valence-electron chi connectivity index (χ0n) is 6.92. The largest absolute Gasteiger partial charge is 0.493 e. The normalized spacial score (nSPS) is 10.8. The Morgan fingerprint density at radius 3 is 2.75 bits per heavy atom. The molecule has 0 fully saturated rings. The van der Waals surface area contributed by atoms with Crippen LogP contribution in [0.3, 0.4) is 0 Å². The smallest absolute Gasteiger partial charge is 0.283 e. The first-order valence-corrected chi connectivity index (χ1v) is 3.58. The van der Waals surface area contributed by atoms with Gasteiger partial charge in [-0.25, -0.2) is 8.78 Å². The molecule has 0 atom stereocenters. The van der Waals surface area contributed by atoms with Crippen molar-refractivity contribution < 1.29 is 13.5 Å². The monoisotopic (exact) mass is 176 g/mol. The predicted octanol–water partition coefficient (Wildman–Crippen LogP) is 1.85. The van der Waals surface area contributed by atoms with Crippen molar-refractivity contribution in [3.8, 4) is 5.75 Å². The molecule has 0 amide bonds. The third kappa shape index (κ3) is 1.39. The van der Waals surface area contributed by atoms with Gasteiger partial charge in [-0.1, -0.05) is 0 Å². The van der Waals surface area contributed by atoms with Crippen LogP contribution < -0.4 is 4.74 Å². The lowest BCUT2D eigenvalue weighted by Gasteiger charge is -2.04. The van der Waals surface area contributed by atoms with E-state index in [0.717, 1.165) is 0 Å². The second-order valence-corrected chi connectivity index (χ2v) is 2.21. The molecule has 0 radical (unpaired) electrons. The van der Waals surface area contributed by atoms with Gasteiger partial charge in [0.05, 0.1) is 13.3 Å². The average molecular weight is 176 g/mol. The highest BCUT2D eigenvalue weighted by atomic mass is 19.3. The first-order valence-electron chi connectivity index (χ1n) is 3.58. The average Bonchev–Trinajstić information content (AvgIpc) is 2.46. The van der Waals surface area contributed by atoms with Gasteiger partial charge in [-0.3, -0.25) is 4.68 Å². The lowest BCUT2D eigenvalue weighted by Crippen LogP contribution is -2.03. The maximum absolute atomic E-state index is 12.4. The quantitative estimate of drug-likeness (QED) is 0.702. The lowest BCUT2D eigenvalue weighted by atomic mass is 10.4. The molecule has 1 heterocycles. The van der Waals surface area contributed by atoms with Crippen molar-refractivity contribution in [3.63, 3.8) is 0 Å². The predicted molar refractivity (Wildman–Crippen MR) is 39.4 cm³/mol. The second kappa shape index (κ2) is 3.51. The Morgan fingerprint density at radius 2 is 2.33 bits per heavy atom. The Morgan fingerprint density at radius 1 is 1.67 bits per heavy atom. The molecule has 0 bridgehead atoms. The highest BCUT2D eigenvalue weighted by Gasteiger charge is 2.19. The lowest BCUT2D eigenvalue weighted by molar-refractivity contribution is 0.135. The van der Waals surface area contributed by atoms with E-state index in [9.17, 15) is 8.78 Å². The third-order valence-corrected chi connectivity index (χ3v) is 1.57. The summed E-state index contributed by atoms with van der Waals surface area (Å²) >= 11 is 0. The van der Waals surface area contributed by atoms with Crippen LogP contribution in [0.2, 0.25) is 0 Å². The summed E-state index contributed by atoms with van der Waals surface area (Å²) in [6, 6.07) is 0. The molecule has 0 aliphatic rings. The summed E-state index contributed by atoms with van der Waals surface area (Å²) in [6.07, 6.45) is -1.24. The highest BCUT2D eigenvalue weighted by Crippen LogP contribution is 2.28. The SMILES string of the molecule is CCn1ncc(OC)c1C(F)F. The zero-order valence-corrected chi connectivity index (χ0v) is 6.92. The number of alkyl halides is 2. The van der Waals surface area contributed by atoms with Crippen molar-refractivity contribution in [1.82, 2.24) is 9.78 Å². The van der Waals surface area contributed by atoms with E-state index in [-0.39, 0.29) is 11.4 Å². The summed E-state index contributed by atoms with van der Waals surface area (Å²) in [7, 11) is 1.35. The summed E-state index contributed by atoms with van der Waals surface area (Å²) in [5.41, 5.74) is -0.153. The van der Waals surface area contributed by atoms with Crippen molar-refractivity contribution in [1.29, 1.82) is 0 Å². The molecular weight excluding hydrogens is 166 g/mol. The molecular formula is C7H10F2N2O. The minimum atomic E-state index is -2.54. The molecule has 0 spiro atoms. The van der Waals surface area contributed by atoms with Gasteiger partial charge in [-0.2, -0.15) is 5.10 Å². The number of aromatic nitrogens is 2. The van der Waals surface area contributed by atoms with Crippen LogP contribution in [0.1, 0.15) is 19.0 Å². The number of rotatable bonds is 3. The molecule has 0 N–H and O–H groups in total. The Labute approximate surface area is 68.9 Å². The van der Waals surface area contributed by atoms with Gasteiger partial charge >= 0.3 is 0 Å². The van der Waals surface area contributed by atoms with E-state index in [1.165, 1.54) is 18.0 Å². The molecule has 1 aromatic heterocycles. The van der Waals surface area contributed by atoms with Crippen molar-refractivity contribution in [2.45, 2.75) is 19.9 Å². The number of nitrogens with zero attached hydrogens (tertiary/aromatic N) is 2. The van der Waals surface area contributed by atoms with Crippen LogP contribution >= 0.6 is 0 Å². The molecule has 5 heteroatoms. The molecule has 0 saturated carbocycles. The third-order valence-electron chi connectivity index (χ3n) is 1.57. The van der Waals surface area contributed by atoms with E-state index in [1.54, 1.807) is 6.92 Å². The van der Waals surface area contributed by atoms with E-state index in [0.29, 0.717) is 6.54 Å². The molecule has 0 aliphatic carbocycles. The van der Waals surface area contributed by atoms with Gasteiger partial charge in [0.25, 0.3) is 6.43 Å². The van der Waals surface area contributed by atoms with E-state index in [2.05, 4.69) is 5.10 Å². The van der Waals surface area contributed by atoms with Crippen LogP contribution in [0.15, 0.2) is 6.20 Å².